The van der Waals surface area contributed by atoms with E-state index in [4.69, 9.17) is 4.74 Å². The number of esters is 1. The lowest BCUT2D eigenvalue weighted by atomic mass is 10.1. The molecule has 1 amide bonds. The van der Waals surface area contributed by atoms with Gasteiger partial charge in [0.05, 0.1) is 30.2 Å². The first-order valence-corrected chi connectivity index (χ1v) is 9.79. The molecule has 2 aromatic heterocycles. The molecule has 1 atom stereocenters. The zero-order chi connectivity index (χ0) is 20.5. The number of rotatable bonds is 4. The molecule has 0 spiro atoms. The molecule has 1 unspecified atom stereocenters. The Morgan fingerprint density at radius 3 is 2.66 bits per heavy atom. The molecule has 7 heteroatoms. The van der Waals surface area contributed by atoms with Crippen LogP contribution in [0.15, 0.2) is 48.8 Å². The van der Waals surface area contributed by atoms with Gasteiger partial charge in [-0.2, -0.15) is 5.10 Å². The van der Waals surface area contributed by atoms with Crippen molar-refractivity contribution in [3.8, 4) is 5.69 Å². The number of hydrogen-bond acceptors (Lipinski definition) is 4. The van der Waals surface area contributed by atoms with E-state index in [1.807, 2.05) is 42.2 Å². The summed E-state index contributed by atoms with van der Waals surface area (Å²) in [4.78, 5) is 27.0. The van der Waals surface area contributed by atoms with Crippen LogP contribution in [0.1, 0.15) is 52.0 Å². The quantitative estimate of drug-likeness (QED) is 0.639. The van der Waals surface area contributed by atoms with E-state index in [-0.39, 0.29) is 17.9 Å². The number of fused-ring (bicyclic) bond motifs is 1. The number of nitrogens with zero attached hydrogens (tertiary/aromatic N) is 4. The predicted molar refractivity (Wildman–Crippen MR) is 108 cm³/mol. The third-order valence-corrected chi connectivity index (χ3v) is 5.47. The number of carbonyl (C=O) groups is 2. The van der Waals surface area contributed by atoms with Crippen molar-refractivity contribution in [2.75, 3.05) is 13.2 Å². The van der Waals surface area contributed by atoms with Crippen molar-refractivity contribution in [2.45, 2.75) is 33.4 Å². The van der Waals surface area contributed by atoms with Crippen LogP contribution in [0.3, 0.4) is 0 Å². The molecule has 0 radical (unpaired) electrons. The van der Waals surface area contributed by atoms with Gasteiger partial charge in [0.15, 0.2) is 0 Å². The Labute approximate surface area is 169 Å². The summed E-state index contributed by atoms with van der Waals surface area (Å²) in [6.07, 6.45) is 3.57. The molecule has 0 N–H and O–H groups in total. The van der Waals surface area contributed by atoms with Gasteiger partial charge in [0.1, 0.15) is 5.56 Å². The van der Waals surface area contributed by atoms with E-state index in [1.54, 1.807) is 11.6 Å². The van der Waals surface area contributed by atoms with Gasteiger partial charge in [-0.3, -0.25) is 4.79 Å². The largest absolute Gasteiger partial charge is 0.462 e. The molecule has 1 aromatic carbocycles. The fraction of sp³-hybridized carbons (Fsp3) is 0.318. The van der Waals surface area contributed by atoms with Crippen LogP contribution in [0.4, 0.5) is 0 Å². The zero-order valence-electron chi connectivity index (χ0n) is 16.8. The highest BCUT2D eigenvalue weighted by Crippen LogP contribution is 2.27. The topological polar surface area (TPSA) is 69.4 Å². The van der Waals surface area contributed by atoms with Crippen LogP contribution >= 0.6 is 0 Å². The SMILES string of the molecule is CCOC(=O)c1cnn(-c2ccc(C(=O)N3CCn4cccc4C3C)cc2)c1C. The first-order chi connectivity index (χ1) is 14.0. The second-order valence-corrected chi connectivity index (χ2v) is 7.12. The van der Waals surface area contributed by atoms with Crippen molar-refractivity contribution < 1.29 is 14.3 Å². The average Bonchev–Trinajstić information content (AvgIpc) is 3.35. The lowest BCUT2D eigenvalue weighted by Crippen LogP contribution is -2.40. The van der Waals surface area contributed by atoms with E-state index < -0.39 is 0 Å². The van der Waals surface area contributed by atoms with E-state index in [1.165, 1.54) is 6.20 Å². The van der Waals surface area contributed by atoms with Gasteiger partial charge in [0.25, 0.3) is 5.91 Å². The average molecular weight is 392 g/mol. The van der Waals surface area contributed by atoms with Crippen molar-refractivity contribution in [3.63, 3.8) is 0 Å². The van der Waals surface area contributed by atoms with E-state index >= 15 is 0 Å². The maximum Gasteiger partial charge on any atom is 0.341 e. The summed E-state index contributed by atoms with van der Waals surface area (Å²) in [5.41, 5.74) is 3.72. The fourth-order valence-electron chi connectivity index (χ4n) is 3.85. The van der Waals surface area contributed by atoms with Crippen LogP contribution in [0.25, 0.3) is 5.69 Å². The van der Waals surface area contributed by atoms with Crippen molar-refractivity contribution in [2.24, 2.45) is 0 Å². The molecule has 0 fully saturated rings. The van der Waals surface area contributed by atoms with Crippen LogP contribution < -0.4 is 0 Å². The van der Waals surface area contributed by atoms with Crippen molar-refractivity contribution in [3.05, 3.63) is 71.3 Å². The van der Waals surface area contributed by atoms with Gasteiger partial charge in [-0.15, -0.1) is 0 Å². The molecule has 7 nitrogen and oxygen atoms in total. The van der Waals surface area contributed by atoms with Crippen LogP contribution in [0.2, 0.25) is 0 Å². The summed E-state index contributed by atoms with van der Waals surface area (Å²) in [7, 11) is 0. The number of carbonyl (C=O) groups excluding carboxylic acids is 2. The van der Waals surface area contributed by atoms with E-state index in [0.717, 1.165) is 17.9 Å². The molecule has 0 aliphatic carbocycles. The molecular weight excluding hydrogens is 368 g/mol. The Morgan fingerprint density at radius 2 is 1.93 bits per heavy atom. The molecule has 4 rings (SSSR count). The second kappa shape index (κ2) is 7.58. The van der Waals surface area contributed by atoms with Gasteiger partial charge in [-0.1, -0.05) is 0 Å². The van der Waals surface area contributed by atoms with Gasteiger partial charge in [0, 0.05) is 30.5 Å². The van der Waals surface area contributed by atoms with E-state index in [2.05, 4.69) is 28.9 Å². The monoisotopic (exact) mass is 392 g/mol. The van der Waals surface area contributed by atoms with Gasteiger partial charge < -0.3 is 14.2 Å². The van der Waals surface area contributed by atoms with E-state index in [0.29, 0.717) is 30.0 Å². The Hall–Kier alpha value is -3.35. The summed E-state index contributed by atoms with van der Waals surface area (Å²) in [6.45, 7) is 7.46. The van der Waals surface area contributed by atoms with Crippen molar-refractivity contribution in [1.29, 1.82) is 0 Å². The molecule has 150 valence electrons. The minimum absolute atomic E-state index is 0.0147. The maximum atomic E-state index is 13.1. The Kier molecular flexibility index (Phi) is 4.96. The summed E-state index contributed by atoms with van der Waals surface area (Å²) in [5.74, 6) is -0.368. The second-order valence-electron chi connectivity index (χ2n) is 7.12. The molecule has 29 heavy (non-hydrogen) atoms. The number of hydrogen-bond donors (Lipinski definition) is 0. The van der Waals surface area contributed by atoms with Gasteiger partial charge in [-0.25, -0.2) is 9.48 Å². The summed E-state index contributed by atoms with van der Waals surface area (Å²) in [6, 6.07) is 11.4. The molecule has 0 bridgehead atoms. The number of ether oxygens (including phenoxy) is 1. The van der Waals surface area contributed by atoms with Crippen molar-refractivity contribution in [1.82, 2.24) is 19.2 Å². The van der Waals surface area contributed by atoms with Gasteiger partial charge >= 0.3 is 5.97 Å². The highest BCUT2D eigenvalue weighted by atomic mass is 16.5. The van der Waals surface area contributed by atoms with Crippen LogP contribution in [-0.4, -0.2) is 44.3 Å². The third kappa shape index (κ3) is 3.33. The van der Waals surface area contributed by atoms with E-state index in [9.17, 15) is 9.59 Å². The van der Waals surface area contributed by atoms with Gasteiger partial charge in [-0.05, 0) is 57.2 Å². The molecule has 0 saturated carbocycles. The number of benzene rings is 1. The number of aromatic nitrogens is 3. The minimum atomic E-state index is -0.383. The number of amides is 1. The van der Waals surface area contributed by atoms with Crippen LogP contribution in [-0.2, 0) is 11.3 Å². The predicted octanol–water partition coefficient (Wildman–Crippen LogP) is 3.38. The van der Waals surface area contributed by atoms with Gasteiger partial charge in [0.2, 0.25) is 0 Å². The summed E-state index contributed by atoms with van der Waals surface area (Å²) < 4.78 is 8.93. The summed E-state index contributed by atoms with van der Waals surface area (Å²) >= 11 is 0. The molecule has 1 aliphatic heterocycles. The summed E-state index contributed by atoms with van der Waals surface area (Å²) in [5, 5.41) is 4.30. The highest BCUT2D eigenvalue weighted by molar-refractivity contribution is 5.95. The van der Waals surface area contributed by atoms with Crippen LogP contribution in [0, 0.1) is 6.92 Å². The smallest absolute Gasteiger partial charge is 0.341 e. The highest BCUT2D eigenvalue weighted by Gasteiger charge is 2.28. The zero-order valence-corrected chi connectivity index (χ0v) is 16.8. The Bertz CT molecular complexity index is 1050. The normalized spacial score (nSPS) is 15.8. The lowest BCUT2D eigenvalue weighted by Gasteiger charge is -2.35. The minimum Gasteiger partial charge on any atom is -0.462 e. The standard InChI is InChI=1S/C22H24N4O3/c1-4-29-22(28)19-14-23-26(15(19)2)18-9-7-17(8-10-18)21(27)25-13-12-24-11-5-6-20(24)16(25)3/h5-11,14,16H,4,12-13H2,1-3H3. The third-order valence-electron chi connectivity index (χ3n) is 5.47. The fourth-order valence-corrected chi connectivity index (χ4v) is 3.85. The first-order valence-electron chi connectivity index (χ1n) is 9.79. The Balaban J connectivity index is 1.54. The lowest BCUT2D eigenvalue weighted by molar-refractivity contribution is 0.0525. The van der Waals surface area contributed by atoms with Crippen LogP contribution in [0.5, 0.6) is 0 Å². The molecule has 1 aliphatic rings. The molecular formula is C22H24N4O3. The maximum absolute atomic E-state index is 13.1. The molecule has 3 heterocycles. The molecule has 0 saturated heterocycles. The molecule has 3 aromatic rings. The Morgan fingerprint density at radius 1 is 1.17 bits per heavy atom. The first kappa shape index (κ1) is 19.0. The van der Waals surface area contributed by atoms with Crippen molar-refractivity contribution >= 4 is 11.9 Å².